The first kappa shape index (κ1) is 17.1. The summed E-state index contributed by atoms with van der Waals surface area (Å²) in [6.07, 6.45) is 19.9. The zero-order valence-corrected chi connectivity index (χ0v) is 16.9. The first-order valence-electron chi connectivity index (χ1n) is 11.8. The number of hydrogen-bond acceptors (Lipinski definition) is 1. The largest absolute Gasteiger partial charge is 0.300 e. The van der Waals surface area contributed by atoms with Crippen LogP contribution in [0.15, 0.2) is 0 Å². The van der Waals surface area contributed by atoms with Crippen molar-refractivity contribution < 1.29 is 0 Å². The van der Waals surface area contributed by atoms with Crippen LogP contribution in [0.2, 0.25) is 0 Å². The Morgan fingerprint density at radius 3 is 2.44 bits per heavy atom. The van der Waals surface area contributed by atoms with E-state index >= 15 is 0 Å². The third-order valence-corrected chi connectivity index (χ3v) is 10.2. The first-order valence-corrected chi connectivity index (χ1v) is 11.8. The second-order valence-corrected chi connectivity index (χ2v) is 11.3. The molecule has 0 N–H and O–H groups in total. The summed E-state index contributed by atoms with van der Waals surface area (Å²) in [7, 11) is 0. The minimum absolute atomic E-state index is 0.682. The molecule has 4 aliphatic carbocycles. The number of rotatable bonds is 1. The summed E-state index contributed by atoms with van der Waals surface area (Å²) >= 11 is 0. The highest BCUT2D eigenvalue weighted by atomic mass is 15.2. The molecule has 1 saturated heterocycles. The highest BCUT2D eigenvalue weighted by Crippen LogP contribution is 2.66. The van der Waals surface area contributed by atoms with Gasteiger partial charge in [0.1, 0.15) is 0 Å². The molecule has 1 unspecified atom stereocenters. The van der Waals surface area contributed by atoms with E-state index in [1.54, 1.807) is 44.9 Å². The van der Waals surface area contributed by atoms with E-state index in [1.807, 2.05) is 0 Å². The predicted octanol–water partition coefficient (Wildman–Crippen LogP) is 6.27. The molecule has 1 aliphatic heterocycles. The van der Waals surface area contributed by atoms with Crippen molar-refractivity contribution in [1.82, 2.24) is 4.90 Å². The van der Waals surface area contributed by atoms with E-state index in [9.17, 15) is 0 Å². The van der Waals surface area contributed by atoms with Crippen LogP contribution in [0.4, 0.5) is 0 Å². The molecule has 142 valence electrons. The lowest BCUT2D eigenvalue weighted by molar-refractivity contribution is -0.103. The standard InChI is InChI=1S/C24H41N/c1-23-13-11-21-20(10-9-18-8-4-5-12-24(18,21)2)22(23)16-19(17-23)25-14-6-3-7-15-25/h18-22H,3-17H2,1-2H3/t18-,19?,20-,21+,22+,23-,24+/m1/s1. The van der Waals surface area contributed by atoms with Crippen molar-refractivity contribution in [2.24, 2.45) is 34.5 Å². The van der Waals surface area contributed by atoms with Crippen LogP contribution in [-0.4, -0.2) is 24.0 Å². The van der Waals surface area contributed by atoms with Crippen LogP contribution in [0, 0.1) is 34.5 Å². The second-order valence-electron chi connectivity index (χ2n) is 11.3. The Bertz CT molecular complexity index is 494. The highest BCUT2D eigenvalue weighted by Gasteiger charge is 2.59. The monoisotopic (exact) mass is 343 g/mol. The molecule has 0 bridgehead atoms. The van der Waals surface area contributed by atoms with E-state index < -0.39 is 0 Å². The fourth-order valence-corrected chi connectivity index (χ4v) is 8.88. The number of hydrogen-bond donors (Lipinski definition) is 0. The SMILES string of the molecule is C[C@]12CC[C@H]3[C@@H](CC[C@H]4CCCC[C@@]43C)[C@@H]1CC(N1CCCCC1)C2. The third kappa shape index (κ3) is 2.66. The van der Waals surface area contributed by atoms with Crippen LogP contribution in [0.1, 0.15) is 97.3 Å². The Labute approximate surface area is 156 Å². The molecule has 7 atom stereocenters. The fourth-order valence-electron chi connectivity index (χ4n) is 8.88. The number of likely N-dealkylation sites (tertiary alicyclic amines) is 1. The van der Waals surface area contributed by atoms with Crippen LogP contribution in [0.3, 0.4) is 0 Å². The van der Waals surface area contributed by atoms with Gasteiger partial charge < -0.3 is 4.90 Å². The van der Waals surface area contributed by atoms with Gasteiger partial charge in [0.05, 0.1) is 0 Å². The molecule has 0 aromatic rings. The smallest absolute Gasteiger partial charge is 0.0103 e. The Kier molecular flexibility index (Phi) is 4.27. The minimum atomic E-state index is 0.682. The van der Waals surface area contributed by atoms with Crippen molar-refractivity contribution in [3.05, 3.63) is 0 Å². The molecule has 1 heterocycles. The maximum absolute atomic E-state index is 2.91. The van der Waals surface area contributed by atoms with Crippen molar-refractivity contribution in [2.75, 3.05) is 13.1 Å². The quantitative estimate of drug-likeness (QED) is 0.542. The van der Waals surface area contributed by atoms with E-state index in [1.165, 1.54) is 51.6 Å². The molecule has 0 amide bonds. The molecule has 1 nitrogen and oxygen atoms in total. The summed E-state index contributed by atoms with van der Waals surface area (Å²) in [6, 6.07) is 0.936. The molecule has 0 aromatic heterocycles. The van der Waals surface area contributed by atoms with Crippen molar-refractivity contribution >= 4 is 0 Å². The Morgan fingerprint density at radius 2 is 1.60 bits per heavy atom. The van der Waals surface area contributed by atoms with Crippen molar-refractivity contribution in [1.29, 1.82) is 0 Å². The molecule has 25 heavy (non-hydrogen) atoms. The Morgan fingerprint density at radius 1 is 0.760 bits per heavy atom. The lowest BCUT2D eigenvalue weighted by Crippen LogP contribution is -2.51. The minimum Gasteiger partial charge on any atom is -0.300 e. The average Bonchev–Trinajstić information content (AvgIpc) is 3.00. The predicted molar refractivity (Wildman–Crippen MR) is 106 cm³/mol. The highest BCUT2D eigenvalue weighted by molar-refractivity contribution is 5.09. The van der Waals surface area contributed by atoms with Crippen LogP contribution in [0.5, 0.6) is 0 Å². The summed E-state index contributed by atoms with van der Waals surface area (Å²) in [5.41, 5.74) is 1.40. The maximum atomic E-state index is 2.91. The van der Waals surface area contributed by atoms with E-state index in [0.717, 1.165) is 29.7 Å². The van der Waals surface area contributed by atoms with Crippen LogP contribution < -0.4 is 0 Å². The second kappa shape index (κ2) is 6.25. The van der Waals surface area contributed by atoms with Gasteiger partial charge in [0.2, 0.25) is 0 Å². The molecule has 0 spiro atoms. The van der Waals surface area contributed by atoms with E-state index in [4.69, 9.17) is 0 Å². The molecule has 5 fully saturated rings. The summed E-state index contributed by atoms with van der Waals surface area (Å²) in [4.78, 5) is 2.91. The number of fused-ring (bicyclic) bond motifs is 5. The summed E-state index contributed by atoms with van der Waals surface area (Å²) in [5.74, 6) is 4.28. The van der Waals surface area contributed by atoms with Gasteiger partial charge in [-0.1, -0.05) is 33.1 Å². The Hall–Kier alpha value is -0.0400. The lowest BCUT2D eigenvalue weighted by atomic mass is 9.45. The lowest BCUT2D eigenvalue weighted by Gasteiger charge is -2.60. The molecule has 0 radical (unpaired) electrons. The zero-order valence-electron chi connectivity index (χ0n) is 16.9. The van der Waals surface area contributed by atoms with Gasteiger partial charge >= 0.3 is 0 Å². The third-order valence-electron chi connectivity index (χ3n) is 10.2. The molecule has 4 saturated carbocycles. The molecule has 5 aliphatic rings. The van der Waals surface area contributed by atoms with Gasteiger partial charge in [-0.2, -0.15) is 0 Å². The van der Waals surface area contributed by atoms with E-state index in [-0.39, 0.29) is 0 Å². The topological polar surface area (TPSA) is 3.24 Å². The first-order chi connectivity index (χ1) is 12.1. The van der Waals surface area contributed by atoms with Gasteiger partial charge in [0.15, 0.2) is 0 Å². The summed E-state index contributed by atoms with van der Waals surface area (Å²) < 4.78 is 0. The van der Waals surface area contributed by atoms with Crippen LogP contribution >= 0.6 is 0 Å². The number of nitrogens with zero attached hydrogens (tertiary/aromatic N) is 1. The van der Waals surface area contributed by atoms with Crippen LogP contribution in [0.25, 0.3) is 0 Å². The average molecular weight is 344 g/mol. The molecular weight excluding hydrogens is 302 g/mol. The normalized spacial score (nSPS) is 53.8. The van der Waals surface area contributed by atoms with Crippen molar-refractivity contribution in [2.45, 2.75) is 103 Å². The van der Waals surface area contributed by atoms with Crippen molar-refractivity contribution in [3.63, 3.8) is 0 Å². The van der Waals surface area contributed by atoms with Gasteiger partial charge in [0.25, 0.3) is 0 Å². The number of piperidine rings is 1. The van der Waals surface area contributed by atoms with Gasteiger partial charge in [-0.3, -0.25) is 0 Å². The van der Waals surface area contributed by atoms with Crippen molar-refractivity contribution in [3.8, 4) is 0 Å². The molecule has 0 aromatic carbocycles. The van der Waals surface area contributed by atoms with Gasteiger partial charge in [-0.25, -0.2) is 0 Å². The zero-order chi connectivity index (χ0) is 17.1. The van der Waals surface area contributed by atoms with Gasteiger partial charge in [0, 0.05) is 6.04 Å². The molecule has 5 rings (SSSR count). The Balaban J connectivity index is 1.37. The summed E-state index contributed by atoms with van der Waals surface area (Å²) in [5, 5.41) is 0. The maximum Gasteiger partial charge on any atom is 0.0103 e. The van der Waals surface area contributed by atoms with E-state index in [2.05, 4.69) is 18.7 Å². The van der Waals surface area contributed by atoms with Crippen LogP contribution in [-0.2, 0) is 0 Å². The molecule has 1 heteroatoms. The molecular formula is C24H41N. The fraction of sp³-hybridized carbons (Fsp3) is 1.00. The van der Waals surface area contributed by atoms with E-state index in [0.29, 0.717) is 10.8 Å². The summed E-state index contributed by atoms with van der Waals surface area (Å²) in [6.45, 7) is 8.24. The van der Waals surface area contributed by atoms with Gasteiger partial charge in [-0.05, 0) is 112 Å². The van der Waals surface area contributed by atoms with Gasteiger partial charge in [-0.15, -0.1) is 0 Å².